The molecule has 0 aliphatic carbocycles. The second-order valence-corrected chi connectivity index (χ2v) is 7.62. The number of aryl methyl sites for hydroxylation is 2. The molecule has 0 unspecified atom stereocenters. The number of anilines is 1. The number of aromatic hydroxyl groups is 1. The molecule has 0 saturated heterocycles. The number of nitrogen functional groups attached to an aromatic ring is 1. The van der Waals surface area contributed by atoms with Gasteiger partial charge in [0, 0.05) is 31.3 Å². The summed E-state index contributed by atoms with van der Waals surface area (Å²) >= 11 is 0. The Labute approximate surface area is 186 Å². The zero-order valence-electron chi connectivity index (χ0n) is 17.7. The van der Waals surface area contributed by atoms with Crippen LogP contribution in [0.5, 0.6) is 5.75 Å². The highest BCUT2D eigenvalue weighted by molar-refractivity contribution is 5.58. The van der Waals surface area contributed by atoms with Gasteiger partial charge in [-0.05, 0) is 54.3 Å². The van der Waals surface area contributed by atoms with Gasteiger partial charge in [-0.25, -0.2) is 4.98 Å². The third-order valence-corrected chi connectivity index (χ3v) is 5.27. The predicted octanol–water partition coefficient (Wildman–Crippen LogP) is 3.37. The van der Waals surface area contributed by atoms with Crippen molar-refractivity contribution in [3.8, 4) is 17.1 Å². The van der Waals surface area contributed by atoms with Crippen LogP contribution in [0.2, 0.25) is 0 Å². The maximum absolute atomic E-state index is 12.6. The van der Waals surface area contributed by atoms with Gasteiger partial charge in [-0.2, -0.15) is 0 Å². The van der Waals surface area contributed by atoms with Gasteiger partial charge in [0.15, 0.2) is 0 Å². The number of hydrogen-bond acceptors (Lipinski definition) is 6. The summed E-state index contributed by atoms with van der Waals surface area (Å²) in [6, 6.07) is 20.5. The third kappa shape index (κ3) is 5.44. The van der Waals surface area contributed by atoms with Crippen LogP contribution < -0.4 is 16.6 Å². The number of benzene rings is 2. The maximum Gasteiger partial charge on any atom is 0.255 e. The largest absolute Gasteiger partial charge is 0.508 e. The van der Waals surface area contributed by atoms with Gasteiger partial charge in [-0.15, -0.1) is 0 Å². The van der Waals surface area contributed by atoms with E-state index in [0.29, 0.717) is 31.7 Å². The molecule has 2 aromatic carbocycles. The minimum Gasteiger partial charge on any atom is -0.508 e. The molecule has 7 nitrogen and oxygen atoms in total. The summed E-state index contributed by atoms with van der Waals surface area (Å²) in [5.74, 6) is 1.29. The lowest BCUT2D eigenvalue weighted by atomic mass is 10.0. The number of phenolic OH excluding ortho intramolecular Hbond substituents is 1. The van der Waals surface area contributed by atoms with E-state index < -0.39 is 0 Å². The van der Waals surface area contributed by atoms with E-state index in [1.807, 2.05) is 36.4 Å². The van der Waals surface area contributed by atoms with E-state index in [-0.39, 0.29) is 17.3 Å². The zero-order valence-corrected chi connectivity index (χ0v) is 17.7. The van der Waals surface area contributed by atoms with Crippen molar-refractivity contribution in [2.75, 3.05) is 12.3 Å². The molecular formula is C25H26N4O3. The molecule has 0 aliphatic rings. The van der Waals surface area contributed by atoms with Crippen LogP contribution in [0, 0.1) is 0 Å². The first kappa shape index (κ1) is 21.4. The number of nitrogens with zero attached hydrogens (tertiary/aromatic N) is 2. The average molecular weight is 431 g/mol. The molecule has 0 fully saturated rings. The van der Waals surface area contributed by atoms with Gasteiger partial charge < -0.3 is 20.6 Å². The Kier molecular flexibility index (Phi) is 6.67. The van der Waals surface area contributed by atoms with Crippen LogP contribution in [0.15, 0.2) is 82.2 Å². The van der Waals surface area contributed by atoms with Crippen molar-refractivity contribution in [3.05, 3.63) is 100 Å². The van der Waals surface area contributed by atoms with E-state index in [4.69, 9.17) is 10.2 Å². The van der Waals surface area contributed by atoms with Crippen molar-refractivity contribution in [1.82, 2.24) is 14.9 Å². The fourth-order valence-electron chi connectivity index (χ4n) is 3.56. The summed E-state index contributed by atoms with van der Waals surface area (Å²) in [5, 5.41) is 12.6. The van der Waals surface area contributed by atoms with Crippen LogP contribution in [-0.4, -0.2) is 21.2 Å². The minimum absolute atomic E-state index is 0.150. The lowest BCUT2D eigenvalue weighted by Gasteiger charge is -2.11. The molecule has 0 saturated carbocycles. The molecule has 0 amide bonds. The highest BCUT2D eigenvalue weighted by Crippen LogP contribution is 2.21. The fourth-order valence-corrected chi connectivity index (χ4v) is 3.56. The molecular weight excluding hydrogens is 404 g/mol. The van der Waals surface area contributed by atoms with Gasteiger partial charge in [-0.1, -0.05) is 30.3 Å². The molecule has 0 atom stereocenters. The summed E-state index contributed by atoms with van der Waals surface area (Å²) in [7, 11) is 0. The zero-order chi connectivity index (χ0) is 22.3. The third-order valence-electron chi connectivity index (χ3n) is 5.27. The molecule has 4 N–H and O–H groups in total. The molecule has 0 radical (unpaired) electrons. The summed E-state index contributed by atoms with van der Waals surface area (Å²) < 4.78 is 6.94. The number of nitrogens with one attached hydrogen (secondary N) is 1. The monoisotopic (exact) mass is 430 g/mol. The van der Waals surface area contributed by atoms with E-state index in [1.54, 1.807) is 24.5 Å². The van der Waals surface area contributed by atoms with Gasteiger partial charge in [0.1, 0.15) is 11.5 Å². The minimum atomic E-state index is -0.150. The summed E-state index contributed by atoms with van der Waals surface area (Å²) in [4.78, 5) is 17.0. The molecule has 2 aromatic heterocycles. The van der Waals surface area contributed by atoms with Crippen LogP contribution in [-0.2, 0) is 25.9 Å². The molecule has 32 heavy (non-hydrogen) atoms. The number of rotatable bonds is 9. The van der Waals surface area contributed by atoms with E-state index >= 15 is 0 Å². The molecule has 7 heteroatoms. The van der Waals surface area contributed by atoms with Crippen LogP contribution in [0.1, 0.15) is 16.8 Å². The highest BCUT2D eigenvalue weighted by atomic mass is 16.3. The Balaban J connectivity index is 1.33. The van der Waals surface area contributed by atoms with Crippen LogP contribution in [0.4, 0.5) is 5.95 Å². The normalized spacial score (nSPS) is 11.0. The van der Waals surface area contributed by atoms with Crippen molar-refractivity contribution >= 4 is 5.95 Å². The standard InChI is InChI=1S/C25H26N4O3/c26-25-28-21(9-6-18-3-1-4-20(15-18)23-5-2-14-32-23)16-24(31)29(25)13-12-27-17-19-7-10-22(30)11-8-19/h1-5,7-8,10-11,14-16,27,30H,6,9,12-13,17H2,(H2,26,28). The molecule has 0 bridgehead atoms. The molecule has 0 spiro atoms. The Morgan fingerprint density at radius 1 is 1.00 bits per heavy atom. The number of nitrogens with two attached hydrogens (primary N) is 1. The lowest BCUT2D eigenvalue weighted by Crippen LogP contribution is -2.29. The Hall–Kier alpha value is -3.84. The van der Waals surface area contributed by atoms with Gasteiger partial charge >= 0.3 is 0 Å². The Morgan fingerprint density at radius 2 is 1.84 bits per heavy atom. The molecule has 2 heterocycles. The first-order chi connectivity index (χ1) is 15.6. The van der Waals surface area contributed by atoms with E-state index in [0.717, 1.165) is 28.9 Å². The summed E-state index contributed by atoms with van der Waals surface area (Å²) in [6.45, 7) is 1.64. The van der Waals surface area contributed by atoms with Crippen LogP contribution >= 0.6 is 0 Å². The Morgan fingerprint density at radius 3 is 2.59 bits per heavy atom. The van der Waals surface area contributed by atoms with E-state index in [9.17, 15) is 9.90 Å². The van der Waals surface area contributed by atoms with Crippen molar-refractivity contribution in [1.29, 1.82) is 0 Å². The Bertz CT molecular complexity index is 1210. The highest BCUT2D eigenvalue weighted by Gasteiger charge is 2.08. The van der Waals surface area contributed by atoms with Gasteiger partial charge in [0.2, 0.25) is 5.95 Å². The van der Waals surface area contributed by atoms with Gasteiger partial charge in [-0.3, -0.25) is 9.36 Å². The quantitative estimate of drug-likeness (QED) is 0.352. The average Bonchev–Trinajstić information content (AvgIpc) is 3.33. The van der Waals surface area contributed by atoms with Crippen molar-refractivity contribution in [2.45, 2.75) is 25.9 Å². The number of phenols is 1. The number of hydrogen-bond donors (Lipinski definition) is 3. The maximum atomic E-state index is 12.6. The van der Waals surface area contributed by atoms with E-state index in [2.05, 4.69) is 22.4 Å². The molecule has 0 aliphatic heterocycles. The SMILES string of the molecule is Nc1nc(CCc2cccc(-c3ccco3)c2)cc(=O)n1CCNCc1ccc(O)cc1. The predicted molar refractivity (Wildman–Crippen MR) is 124 cm³/mol. The first-order valence-electron chi connectivity index (χ1n) is 10.6. The van der Waals surface area contributed by atoms with Crippen LogP contribution in [0.25, 0.3) is 11.3 Å². The number of furan rings is 1. The number of aromatic nitrogens is 2. The van der Waals surface area contributed by atoms with Gasteiger partial charge in [0.25, 0.3) is 5.56 Å². The van der Waals surface area contributed by atoms with Crippen molar-refractivity contribution < 1.29 is 9.52 Å². The second-order valence-electron chi connectivity index (χ2n) is 7.62. The lowest BCUT2D eigenvalue weighted by molar-refractivity contribution is 0.475. The van der Waals surface area contributed by atoms with Crippen molar-refractivity contribution in [2.24, 2.45) is 0 Å². The van der Waals surface area contributed by atoms with E-state index in [1.165, 1.54) is 4.57 Å². The first-order valence-corrected chi connectivity index (χ1v) is 10.6. The second kappa shape index (κ2) is 9.98. The molecule has 4 rings (SSSR count). The summed E-state index contributed by atoms with van der Waals surface area (Å²) in [6.07, 6.45) is 3.03. The smallest absolute Gasteiger partial charge is 0.255 e. The fraction of sp³-hybridized carbons (Fsp3) is 0.200. The van der Waals surface area contributed by atoms with Crippen molar-refractivity contribution in [3.63, 3.8) is 0 Å². The molecule has 4 aromatic rings. The van der Waals surface area contributed by atoms with Crippen LogP contribution in [0.3, 0.4) is 0 Å². The topological polar surface area (TPSA) is 106 Å². The summed E-state index contributed by atoms with van der Waals surface area (Å²) in [5.41, 5.74) is 9.82. The van der Waals surface area contributed by atoms with Gasteiger partial charge in [0.05, 0.1) is 12.0 Å². The molecule has 164 valence electrons.